The van der Waals surface area contributed by atoms with Gasteiger partial charge < -0.3 is 9.84 Å². The zero-order chi connectivity index (χ0) is 11.0. The lowest BCUT2D eigenvalue weighted by Crippen LogP contribution is -2.25. The van der Waals surface area contributed by atoms with Gasteiger partial charge in [-0.05, 0) is 20.3 Å². The van der Waals surface area contributed by atoms with Crippen molar-refractivity contribution in [1.29, 1.82) is 0 Å². The molecular formula is C10H22O3S. The number of ether oxygens (including phenoxy) is 1. The summed E-state index contributed by atoms with van der Waals surface area (Å²) in [5.74, 6) is 1.03. The van der Waals surface area contributed by atoms with Gasteiger partial charge in [-0.25, -0.2) is 0 Å². The first-order valence-electron chi connectivity index (χ1n) is 5.20. The van der Waals surface area contributed by atoms with Crippen LogP contribution in [0.5, 0.6) is 0 Å². The van der Waals surface area contributed by atoms with Crippen LogP contribution in [0.25, 0.3) is 0 Å². The Morgan fingerprint density at radius 3 is 2.57 bits per heavy atom. The molecule has 0 rings (SSSR count). The summed E-state index contributed by atoms with van der Waals surface area (Å²) in [4.78, 5) is 0. The van der Waals surface area contributed by atoms with Crippen LogP contribution in [0.1, 0.15) is 33.6 Å². The molecule has 0 fully saturated rings. The molecule has 86 valence electrons. The van der Waals surface area contributed by atoms with Crippen LogP contribution in [-0.2, 0) is 15.5 Å². The molecular weight excluding hydrogens is 200 g/mol. The SMILES string of the molecule is CCCC[S@](=O)C[C@@H](O)COC(C)C. The smallest absolute Gasteiger partial charge is 0.0888 e. The van der Waals surface area contributed by atoms with Gasteiger partial charge in [0.25, 0.3) is 0 Å². The highest BCUT2D eigenvalue weighted by Gasteiger charge is 2.09. The molecule has 0 spiro atoms. The zero-order valence-corrected chi connectivity index (χ0v) is 10.2. The van der Waals surface area contributed by atoms with Crippen molar-refractivity contribution in [3.05, 3.63) is 0 Å². The number of hydrogen-bond donors (Lipinski definition) is 1. The van der Waals surface area contributed by atoms with Crippen molar-refractivity contribution in [2.75, 3.05) is 18.1 Å². The second-order valence-electron chi connectivity index (χ2n) is 3.70. The molecule has 2 atom stereocenters. The van der Waals surface area contributed by atoms with Crippen molar-refractivity contribution in [3.63, 3.8) is 0 Å². The molecule has 0 aliphatic rings. The van der Waals surface area contributed by atoms with Crippen LogP contribution in [0, 0.1) is 0 Å². The van der Waals surface area contributed by atoms with E-state index in [9.17, 15) is 9.32 Å². The van der Waals surface area contributed by atoms with Crippen LogP contribution in [0.2, 0.25) is 0 Å². The third kappa shape index (κ3) is 8.66. The molecule has 0 bridgehead atoms. The second kappa shape index (κ2) is 8.38. The standard InChI is InChI=1S/C10H22O3S/c1-4-5-6-14(12)8-10(11)7-13-9(2)3/h9-11H,4-8H2,1-3H3/t10-,14-/m0/s1. The number of aliphatic hydroxyl groups is 1. The number of unbranched alkanes of at least 4 members (excludes halogenated alkanes) is 1. The lowest BCUT2D eigenvalue weighted by molar-refractivity contribution is 0.0149. The molecule has 0 unspecified atom stereocenters. The van der Waals surface area contributed by atoms with Gasteiger partial charge in [0.15, 0.2) is 0 Å². The first kappa shape index (κ1) is 14.1. The zero-order valence-electron chi connectivity index (χ0n) is 9.36. The lowest BCUT2D eigenvalue weighted by Gasteiger charge is -2.12. The Bertz CT molecular complexity index is 159. The van der Waals surface area contributed by atoms with Crippen LogP contribution in [0.3, 0.4) is 0 Å². The minimum Gasteiger partial charge on any atom is -0.390 e. The van der Waals surface area contributed by atoms with E-state index in [1.165, 1.54) is 0 Å². The molecule has 0 aromatic rings. The Morgan fingerprint density at radius 2 is 2.07 bits per heavy atom. The molecule has 0 amide bonds. The van der Waals surface area contributed by atoms with Crippen molar-refractivity contribution >= 4 is 10.8 Å². The largest absolute Gasteiger partial charge is 0.390 e. The number of rotatable bonds is 8. The van der Waals surface area contributed by atoms with Gasteiger partial charge in [0, 0.05) is 16.6 Å². The van der Waals surface area contributed by atoms with E-state index in [2.05, 4.69) is 6.92 Å². The molecule has 0 radical (unpaired) electrons. The normalized spacial score (nSPS) is 15.8. The summed E-state index contributed by atoms with van der Waals surface area (Å²) in [6.07, 6.45) is 1.54. The molecule has 1 N–H and O–H groups in total. The maximum Gasteiger partial charge on any atom is 0.0888 e. The van der Waals surface area contributed by atoms with E-state index in [1.807, 2.05) is 13.8 Å². The summed E-state index contributed by atoms with van der Waals surface area (Å²) in [6, 6.07) is 0. The van der Waals surface area contributed by atoms with Gasteiger partial charge in [-0.1, -0.05) is 13.3 Å². The molecule has 0 heterocycles. The molecule has 0 saturated carbocycles. The summed E-state index contributed by atoms with van der Waals surface area (Å²) in [6.45, 7) is 6.19. The van der Waals surface area contributed by atoms with Gasteiger partial charge in [-0.3, -0.25) is 4.21 Å². The third-order valence-corrected chi connectivity index (χ3v) is 3.23. The summed E-state index contributed by atoms with van der Waals surface area (Å²) < 4.78 is 16.6. The average Bonchev–Trinajstić information content (AvgIpc) is 2.11. The molecule has 0 aromatic carbocycles. The molecule has 0 aliphatic heterocycles. The van der Waals surface area contributed by atoms with E-state index in [0.29, 0.717) is 11.5 Å². The van der Waals surface area contributed by atoms with Crippen LogP contribution in [0.4, 0.5) is 0 Å². The fraction of sp³-hybridized carbons (Fsp3) is 1.00. The van der Waals surface area contributed by atoms with Crippen LogP contribution < -0.4 is 0 Å². The summed E-state index contributed by atoms with van der Waals surface area (Å²) in [7, 11) is -0.895. The van der Waals surface area contributed by atoms with Crippen molar-refractivity contribution in [2.45, 2.75) is 45.8 Å². The fourth-order valence-electron chi connectivity index (χ4n) is 0.955. The van der Waals surface area contributed by atoms with E-state index >= 15 is 0 Å². The Morgan fingerprint density at radius 1 is 1.43 bits per heavy atom. The van der Waals surface area contributed by atoms with E-state index in [0.717, 1.165) is 12.8 Å². The van der Waals surface area contributed by atoms with Crippen molar-refractivity contribution in [1.82, 2.24) is 0 Å². The molecule has 0 aliphatic carbocycles. The van der Waals surface area contributed by atoms with E-state index in [4.69, 9.17) is 4.74 Å². The van der Waals surface area contributed by atoms with Crippen LogP contribution in [0.15, 0.2) is 0 Å². The van der Waals surface area contributed by atoms with Crippen molar-refractivity contribution in [2.24, 2.45) is 0 Å². The van der Waals surface area contributed by atoms with Crippen molar-refractivity contribution in [3.8, 4) is 0 Å². The first-order chi connectivity index (χ1) is 6.56. The molecule has 0 saturated heterocycles. The highest BCUT2D eigenvalue weighted by molar-refractivity contribution is 7.85. The van der Waals surface area contributed by atoms with E-state index < -0.39 is 16.9 Å². The Labute approximate surface area is 89.3 Å². The first-order valence-corrected chi connectivity index (χ1v) is 6.69. The highest BCUT2D eigenvalue weighted by atomic mass is 32.2. The highest BCUT2D eigenvalue weighted by Crippen LogP contribution is 1.97. The number of hydrogen-bond acceptors (Lipinski definition) is 3. The third-order valence-electron chi connectivity index (χ3n) is 1.73. The molecule has 3 nitrogen and oxygen atoms in total. The predicted molar refractivity (Wildman–Crippen MR) is 59.9 cm³/mol. The number of aliphatic hydroxyl groups excluding tert-OH is 1. The van der Waals surface area contributed by atoms with Gasteiger partial charge in [0.2, 0.25) is 0 Å². The maximum absolute atomic E-state index is 11.4. The van der Waals surface area contributed by atoms with Gasteiger partial charge >= 0.3 is 0 Å². The van der Waals surface area contributed by atoms with Crippen molar-refractivity contribution < 1.29 is 14.1 Å². The maximum atomic E-state index is 11.4. The van der Waals surface area contributed by atoms with Crippen LogP contribution in [-0.4, -0.2) is 39.6 Å². The summed E-state index contributed by atoms with van der Waals surface area (Å²) in [5, 5.41) is 9.45. The Hall–Kier alpha value is 0.0700. The van der Waals surface area contributed by atoms with Gasteiger partial charge in [-0.2, -0.15) is 0 Å². The van der Waals surface area contributed by atoms with Gasteiger partial charge in [-0.15, -0.1) is 0 Å². The molecule has 14 heavy (non-hydrogen) atoms. The molecule has 4 heteroatoms. The quantitative estimate of drug-likeness (QED) is 0.674. The second-order valence-corrected chi connectivity index (χ2v) is 5.32. The minimum atomic E-state index is -0.895. The summed E-state index contributed by atoms with van der Waals surface area (Å²) in [5.41, 5.74) is 0. The Kier molecular flexibility index (Phi) is 8.43. The van der Waals surface area contributed by atoms with Gasteiger partial charge in [0.05, 0.1) is 24.6 Å². The fourth-order valence-corrected chi connectivity index (χ4v) is 2.26. The molecule has 0 aromatic heterocycles. The lowest BCUT2D eigenvalue weighted by atomic mass is 10.4. The van der Waals surface area contributed by atoms with Crippen LogP contribution >= 0.6 is 0 Å². The predicted octanol–water partition coefficient (Wildman–Crippen LogP) is 1.32. The summed E-state index contributed by atoms with van der Waals surface area (Å²) >= 11 is 0. The minimum absolute atomic E-state index is 0.119. The monoisotopic (exact) mass is 222 g/mol. The van der Waals surface area contributed by atoms with E-state index in [1.54, 1.807) is 0 Å². The van der Waals surface area contributed by atoms with E-state index in [-0.39, 0.29) is 12.7 Å². The topological polar surface area (TPSA) is 46.5 Å². The average molecular weight is 222 g/mol. The Balaban J connectivity index is 3.50. The van der Waals surface area contributed by atoms with Gasteiger partial charge in [0.1, 0.15) is 0 Å².